The number of halogens is 2. The molecule has 0 radical (unpaired) electrons. The molecule has 0 aliphatic heterocycles. The SMILES string of the molecule is CCC(CNC(=NC)NCCCCn1ccnc1C)Oc1ccccc1Cl.I. The zero-order valence-corrected chi connectivity index (χ0v) is 19.9. The lowest BCUT2D eigenvalue weighted by Gasteiger charge is -2.20. The summed E-state index contributed by atoms with van der Waals surface area (Å²) in [6.07, 6.45) is 6.91. The van der Waals surface area contributed by atoms with Crippen LogP contribution in [-0.2, 0) is 6.54 Å². The Kier molecular flexibility index (Phi) is 12.0. The van der Waals surface area contributed by atoms with E-state index in [0.29, 0.717) is 17.3 Å². The Morgan fingerprint density at radius 3 is 2.71 bits per heavy atom. The molecule has 1 aromatic heterocycles. The van der Waals surface area contributed by atoms with Crippen molar-refractivity contribution in [3.8, 4) is 5.75 Å². The second kappa shape index (κ2) is 13.7. The number of nitrogens with one attached hydrogen (secondary N) is 2. The van der Waals surface area contributed by atoms with Crippen molar-refractivity contribution < 1.29 is 4.74 Å². The summed E-state index contributed by atoms with van der Waals surface area (Å²) in [4.78, 5) is 8.52. The third-order valence-electron chi connectivity index (χ3n) is 4.35. The second-order valence-electron chi connectivity index (χ2n) is 6.33. The summed E-state index contributed by atoms with van der Waals surface area (Å²) in [6.45, 7) is 6.64. The van der Waals surface area contributed by atoms with Gasteiger partial charge in [0.05, 0.1) is 11.6 Å². The van der Waals surface area contributed by atoms with Crippen molar-refractivity contribution in [1.29, 1.82) is 0 Å². The molecule has 6 nitrogen and oxygen atoms in total. The number of benzene rings is 1. The Morgan fingerprint density at radius 2 is 2.07 bits per heavy atom. The summed E-state index contributed by atoms with van der Waals surface area (Å²) in [5.74, 6) is 2.56. The molecule has 0 amide bonds. The minimum atomic E-state index is 0. The van der Waals surface area contributed by atoms with Gasteiger partial charge >= 0.3 is 0 Å². The number of aryl methyl sites for hydroxylation is 2. The number of guanidine groups is 1. The fourth-order valence-electron chi connectivity index (χ4n) is 2.67. The number of aromatic nitrogens is 2. The zero-order chi connectivity index (χ0) is 19.5. The molecule has 1 atom stereocenters. The van der Waals surface area contributed by atoms with Crippen molar-refractivity contribution in [2.75, 3.05) is 20.1 Å². The molecule has 1 unspecified atom stereocenters. The molecule has 156 valence electrons. The Morgan fingerprint density at radius 1 is 1.29 bits per heavy atom. The first kappa shape index (κ1) is 24.6. The lowest BCUT2D eigenvalue weighted by molar-refractivity contribution is 0.199. The van der Waals surface area contributed by atoms with E-state index in [-0.39, 0.29) is 30.1 Å². The maximum Gasteiger partial charge on any atom is 0.191 e. The van der Waals surface area contributed by atoms with Gasteiger partial charge in [-0.2, -0.15) is 0 Å². The quantitative estimate of drug-likeness (QED) is 0.213. The van der Waals surface area contributed by atoms with E-state index in [4.69, 9.17) is 16.3 Å². The number of hydrogen-bond acceptors (Lipinski definition) is 3. The molecular weight excluding hydrogens is 489 g/mol. The molecule has 0 aliphatic carbocycles. The van der Waals surface area contributed by atoms with E-state index in [0.717, 1.165) is 44.1 Å². The second-order valence-corrected chi connectivity index (χ2v) is 6.74. The summed E-state index contributed by atoms with van der Waals surface area (Å²) >= 11 is 6.17. The molecule has 1 aromatic carbocycles. The molecule has 0 saturated carbocycles. The van der Waals surface area contributed by atoms with E-state index in [1.165, 1.54) is 0 Å². The average molecular weight is 520 g/mol. The maximum absolute atomic E-state index is 6.17. The van der Waals surface area contributed by atoms with Crippen molar-refractivity contribution in [2.45, 2.75) is 45.8 Å². The molecule has 8 heteroatoms. The van der Waals surface area contributed by atoms with Crippen LogP contribution in [-0.4, -0.2) is 41.8 Å². The molecule has 2 N–H and O–H groups in total. The van der Waals surface area contributed by atoms with Gasteiger partial charge in [0, 0.05) is 32.5 Å². The van der Waals surface area contributed by atoms with Crippen LogP contribution in [0.1, 0.15) is 32.0 Å². The molecule has 28 heavy (non-hydrogen) atoms. The number of nitrogens with zero attached hydrogens (tertiary/aromatic N) is 3. The van der Waals surface area contributed by atoms with E-state index in [1.807, 2.05) is 43.6 Å². The fourth-order valence-corrected chi connectivity index (χ4v) is 2.85. The minimum Gasteiger partial charge on any atom is -0.487 e. The van der Waals surface area contributed by atoms with Crippen molar-refractivity contribution in [1.82, 2.24) is 20.2 Å². The number of hydrogen-bond donors (Lipinski definition) is 2. The van der Waals surface area contributed by atoms with Crippen LogP contribution in [0.5, 0.6) is 5.75 Å². The van der Waals surface area contributed by atoms with Crippen LogP contribution in [0.2, 0.25) is 5.02 Å². The summed E-state index contributed by atoms with van der Waals surface area (Å²) in [6, 6.07) is 7.55. The number of unbranched alkanes of at least 4 members (excludes halogenated alkanes) is 1. The van der Waals surface area contributed by atoms with Gasteiger partial charge in [-0.15, -0.1) is 24.0 Å². The number of para-hydroxylation sites is 1. The largest absolute Gasteiger partial charge is 0.487 e. The van der Waals surface area contributed by atoms with Gasteiger partial charge in [-0.25, -0.2) is 4.98 Å². The predicted molar refractivity (Wildman–Crippen MR) is 127 cm³/mol. The van der Waals surface area contributed by atoms with E-state index in [9.17, 15) is 0 Å². The molecule has 0 spiro atoms. The van der Waals surface area contributed by atoms with E-state index in [1.54, 1.807) is 7.05 Å². The highest BCUT2D eigenvalue weighted by Crippen LogP contribution is 2.24. The Labute approximate surface area is 190 Å². The number of imidazole rings is 1. The van der Waals surface area contributed by atoms with Gasteiger partial charge in [-0.3, -0.25) is 4.99 Å². The van der Waals surface area contributed by atoms with Crippen LogP contribution in [0, 0.1) is 6.92 Å². The average Bonchev–Trinajstić information content (AvgIpc) is 3.09. The lowest BCUT2D eigenvalue weighted by Crippen LogP contribution is -2.42. The molecule has 0 saturated heterocycles. The number of rotatable bonds is 10. The molecule has 0 aliphatic rings. The highest BCUT2D eigenvalue weighted by atomic mass is 127. The first-order valence-electron chi connectivity index (χ1n) is 9.47. The monoisotopic (exact) mass is 519 g/mol. The van der Waals surface area contributed by atoms with Crippen molar-refractivity contribution in [2.24, 2.45) is 4.99 Å². The van der Waals surface area contributed by atoms with Crippen LogP contribution in [0.25, 0.3) is 0 Å². The van der Waals surface area contributed by atoms with Gasteiger partial charge in [0.1, 0.15) is 17.7 Å². The van der Waals surface area contributed by atoms with Crippen LogP contribution in [0.3, 0.4) is 0 Å². The first-order chi connectivity index (χ1) is 13.1. The molecule has 0 bridgehead atoms. The minimum absolute atomic E-state index is 0. The van der Waals surface area contributed by atoms with Gasteiger partial charge in [0.15, 0.2) is 5.96 Å². The molecule has 0 fully saturated rings. The third-order valence-corrected chi connectivity index (χ3v) is 4.66. The molecular formula is C20H31ClIN5O. The summed E-state index contributed by atoms with van der Waals surface area (Å²) in [5, 5.41) is 7.31. The number of ether oxygens (including phenoxy) is 1. The molecule has 1 heterocycles. The van der Waals surface area contributed by atoms with Gasteiger partial charge in [-0.1, -0.05) is 30.7 Å². The van der Waals surface area contributed by atoms with E-state index >= 15 is 0 Å². The Hall–Kier alpha value is -1.48. The number of aliphatic imine (C=N–C) groups is 1. The zero-order valence-electron chi connectivity index (χ0n) is 16.8. The van der Waals surface area contributed by atoms with Gasteiger partial charge in [0.25, 0.3) is 0 Å². The third kappa shape index (κ3) is 8.26. The van der Waals surface area contributed by atoms with Gasteiger partial charge in [0.2, 0.25) is 0 Å². The summed E-state index contributed by atoms with van der Waals surface area (Å²) in [5.41, 5.74) is 0. The highest BCUT2D eigenvalue weighted by molar-refractivity contribution is 14.0. The lowest BCUT2D eigenvalue weighted by atomic mass is 10.2. The maximum atomic E-state index is 6.17. The molecule has 2 aromatic rings. The van der Waals surface area contributed by atoms with Crippen LogP contribution < -0.4 is 15.4 Å². The van der Waals surface area contributed by atoms with Crippen LogP contribution in [0.15, 0.2) is 41.7 Å². The smallest absolute Gasteiger partial charge is 0.191 e. The molecule has 2 rings (SSSR count). The normalized spacial score (nSPS) is 12.2. The van der Waals surface area contributed by atoms with E-state index in [2.05, 4.69) is 32.1 Å². The van der Waals surface area contributed by atoms with Crippen molar-refractivity contribution in [3.05, 3.63) is 47.5 Å². The standard InChI is InChI=1S/C20H30ClN5O.HI/c1-4-17(27-19-10-6-5-9-18(19)21)15-25-20(22-3)24-11-7-8-13-26-14-12-23-16(26)2;/h5-6,9-10,12,14,17H,4,7-8,11,13,15H2,1-3H3,(H2,22,24,25);1H. The summed E-state index contributed by atoms with van der Waals surface area (Å²) in [7, 11) is 1.78. The van der Waals surface area contributed by atoms with Crippen LogP contribution >= 0.6 is 35.6 Å². The first-order valence-corrected chi connectivity index (χ1v) is 9.85. The Balaban J connectivity index is 0.00000392. The Bertz CT molecular complexity index is 722. The van der Waals surface area contributed by atoms with Crippen molar-refractivity contribution in [3.63, 3.8) is 0 Å². The fraction of sp³-hybridized carbons (Fsp3) is 0.500. The topological polar surface area (TPSA) is 63.5 Å². The van der Waals surface area contributed by atoms with Gasteiger partial charge < -0.3 is 19.9 Å². The highest BCUT2D eigenvalue weighted by Gasteiger charge is 2.11. The van der Waals surface area contributed by atoms with Crippen LogP contribution in [0.4, 0.5) is 0 Å². The van der Waals surface area contributed by atoms with Gasteiger partial charge in [-0.05, 0) is 38.3 Å². The van der Waals surface area contributed by atoms with E-state index < -0.39 is 0 Å². The summed E-state index contributed by atoms with van der Waals surface area (Å²) < 4.78 is 8.17. The van der Waals surface area contributed by atoms with Crippen molar-refractivity contribution >= 4 is 41.5 Å². The predicted octanol–water partition coefficient (Wildman–Crippen LogP) is 4.27.